The van der Waals surface area contributed by atoms with Crippen molar-refractivity contribution in [2.75, 3.05) is 33.5 Å². The molecule has 0 spiro atoms. The van der Waals surface area contributed by atoms with Crippen LogP contribution in [0.1, 0.15) is 0 Å². The van der Waals surface area contributed by atoms with Gasteiger partial charge in [0, 0.05) is 6.07 Å². The van der Waals surface area contributed by atoms with E-state index in [1.807, 2.05) is 36.1 Å². The first kappa shape index (κ1) is 18.4. The number of nitrogens with zero attached hydrogens (tertiary/aromatic N) is 5. The maximum absolute atomic E-state index is 5.68. The number of rotatable bonds is 10. The van der Waals surface area contributed by atoms with Crippen molar-refractivity contribution in [1.82, 2.24) is 17.5 Å². The molecule has 9 nitrogen and oxygen atoms in total. The molecule has 0 saturated heterocycles. The van der Waals surface area contributed by atoms with E-state index in [1.54, 1.807) is 0 Å². The minimum atomic E-state index is 0.353. The van der Waals surface area contributed by atoms with Crippen molar-refractivity contribution in [3.8, 4) is 28.9 Å². The van der Waals surface area contributed by atoms with Gasteiger partial charge < -0.3 is 18.9 Å². The molecule has 3 rings (SSSR count). The highest BCUT2D eigenvalue weighted by Crippen LogP contribution is 2.26. The Labute approximate surface area is 158 Å². The van der Waals surface area contributed by atoms with Crippen LogP contribution in [0.25, 0.3) is 11.3 Å². The lowest BCUT2D eigenvalue weighted by Crippen LogP contribution is -2.26. The van der Waals surface area contributed by atoms with E-state index in [1.165, 1.54) is 7.11 Å². The van der Waals surface area contributed by atoms with Crippen molar-refractivity contribution in [2.45, 2.75) is 0 Å². The second-order valence-electron chi connectivity index (χ2n) is 5.06. The van der Waals surface area contributed by atoms with Gasteiger partial charge in [-0.3, -0.25) is 0 Å². The number of aromatic nitrogens is 5. The fourth-order valence-corrected chi connectivity index (χ4v) is 3.05. The van der Waals surface area contributed by atoms with Gasteiger partial charge in [-0.1, -0.05) is 0 Å². The molecule has 3 aromatic heterocycles. The molecule has 138 valence electrons. The molecule has 0 amide bonds. The third kappa shape index (κ3) is 4.84. The highest BCUT2D eigenvalue weighted by atomic mass is 32.1. The Balaban J connectivity index is 1.38. The molecule has 0 N–H and O–H groups in total. The summed E-state index contributed by atoms with van der Waals surface area (Å²) in [5.41, 5.74) is 1.69. The quantitative estimate of drug-likeness (QED) is 0.375. The molecule has 26 heavy (non-hydrogen) atoms. The number of hydrogen-bond donors (Lipinski definition) is 0. The van der Waals surface area contributed by atoms with Gasteiger partial charge in [-0.15, -0.1) is 13.1 Å². The first-order valence-electron chi connectivity index (χ1n) is 7.76. The Kier molecular flexibility index (Phi) is 6.63. The first-order chi connectivity index (χ1) is 12.8. The predicted molar refractivity (Wildman–Crippen MR) is 94.8 cm³/mol. The van der Waals surface area contributed by atoms with Crippen LogP contribution in [0.5, 0.6) is 17.6 Å². The van der Waals surface area contributed by atoms with Gasteiger partial charge in [0.15, 0.2) is 18.1 Å². The smallest absolute Gasteiger partial charge is 0.291 e. The number of aryl methyl sites for hydroxylation is 1. The maximum Gasteiger partial charge on any atom is 0.291 e. The number of hydrogen-bond acceptors (Lipinski definition) is 10. The summed E-state index contributed by atoms with van der Waals surface area (Å²) in [5.74, 6) is 1.28. The van der Waals surface area contributed by atoms with Crippen LogP contribution in [0.2, 0.25) is 0 Å². The normalized spacial score (nSPS) is 10.7. The highest BCUT2D eigenvalue weighted by molar-refractivity contribution is 6.99. The van der Waals surface area contributed by atoms with E-state index in [0.29, 0.717) is 44.1 Å². The molecule has 0 aliphatic rings. The van der Waals surface area contributed by atoms with E-state index in [0.717, 1.165) is 34.7 Å². The van der Waals surface area contributed by atoms with Gasteiger partial charge in [-0.25, -0.2) is 4.57 Å². The van der Waals surface area contributed by atoms with Crippen LogP contribution in [-0.4, -0.2) is 51.0 Å². The van der Waals surface area contributed by atoms with Crippen molar-refractivity contribution >= 4 is 23.5 Å². The van der Waals surface area contributed by atoms with Crippen LogP contribution < -0.4 is 18.8 Å². The lowest BCUT2D eigenvalue weighted by Gasteiger charge is -2.07. The van der Waals surface area contributed by atoms with Crippen molar-refractivity contribution < 1.29 is 23.5 Å². The van der Waals surface area contributed by atoms with E-state index < -0.39 is 0 Å². The van der Waals surface area contributed by atoms with Crippen LogP contribution in [0.4, 0.5) is 0 Å². The summed E-state index contributed by atoms with van der Waals surface area (Å²) in [6, 6.07) is 3.92. The zero-order chi connectivity index (χ0) is 18.2. The molecule has 0 atom stereocenters. The molecule has 0 aromatic carbocycles. The minimum Gasteiger partial charge on any atom is -0.477 e. The van der Waals surface area contributed by atoms with Crippen molar-refractivity contribution in [3.63, 3.8) is 0 Å². The van der Waals surface area contributed by atoms with Crippen LogP contribution >= 0.6 is 23.5 Å². The van der Waals surface area contributed by atoms with Crippen molar-refractivity contribution in [2.24, 2.45) is 7.05 Å². The largest absolute Gasteiger partial charge is 0.477 e. The zero-order valence-electron chi connectivity index (χ0n) is 14.3. The van der Waals surface area contributed by atoms with Crippen LogP contribution in [0, 0.1) is 0 Å². The summed E-state index contributed by atoms with van der Waals surface area (Å²) >= 11 is 2.16. The van der Waals surface area contributed by atoms with E-state index in [2.05, 4.69) is 17.5 Å². The molecule has 11 heteroatoms. The van der Waals surface area contributed by atoms with Gasteiger partial charge in [-0.05, 0) is 6.07 Å². The average molecular weight is 396 g/mol. The number of ether oxygens (including phenoxy) is 4. The second kappa shape index (κ2) is 9.36. The summed E-state index contributed by atoms with van der Waals surface area (Å²) in [5, 5.41) is 0. The van der Waals surface area contributed by atoms with Crippen molar-refractivity contribution in [3.05, 3.63) is 24.5 Å². The van der Waals surface area contributed by atoms with Gasteiger partial charge in [-0.2, -0.15) is 4.37 Å². The first-order valence-corrected chi connectivity index (χ1v) is 9.22. The highest BCUT2D eigenvalue weighted by Gasteiger charge is 2.14. The minimum absolute atomic E-state index is 0.353. The lowest BCUT2D eigenvalue weighted by molar-refractivity contribution is -0.671. The van der Waals surface area contributed by atoms with E-state index in [4.69, 9.17) is 18.9 Å². The summed E-state index contributed by atoms with van der Waals surface area (Å²) in [6.07, 6.45) is 3.93. The summed E-state index contributed by atoms with van der Waals surface area (Å²) in [4.78, 5) is 0. The zero-order valence-corrected chi connectivity index (χ0v) is 16.0. The maximum atomic E-state index is 5.68. The van der Waals surface area contributed by atoms with Crippen molar-refractivity contribution in [1.29, 1.82) is 0 Å². The molecule has 0 aliphatic carbocycles. The SMILES string of the molecule is COc1nsnc1OCCOCCOc1nsnc1-c1ccc[n+](C)c1. The molecule has 3 heterocycles. The van der Waals surface area contributed by atoms with Crippen LogP contribution in [-0.2, 0) is 11.8 Å². The predicted octanol–water partition coefficient (Wildman–Crippen LogP) is 1.36. The van der Waals surface area contributed by atoms with Gasteiger partial charge in [0.2, 0.25) is 0 Å². The van der Waals surface area contributed by atoms with E-state index >= 15 is 0 Å². The number of methoxy groups -OCH3 is 1. The van der Waals surface area contributed by atoms with Gasteiger partial charge >= 0.3 is 0 Å². The van der Waals surface area contributed by atoms with Crippen LogP contribution in [0.3, 0.4) is 0 Å². The fraction of sp³-hybridized carbons (Fsp3) is 0.400. The molecule has 0 aliphatic heterocycles. The summed E-state index contributed by atoms with van der Waals surface area (Å²) in [6.45, 7) is 1.54. The molecule has 0 radical (unpaired) electrons. The second-order valence-corrected chi connectivity index (χ2v) is 6.12. The Hall–Kier alpha value is -2.37. The lowest BCUT2D eigenvalue weighted by atomic mass is 10.2. The molecule has 0 fully saturated rings. The standard InChI is InChI=1S/C15H18N5O4S2/c1-20-5-3-4-11(10-20)12-13(17-25-16-12)23-8-6-22-7-9-24-15-14(21-2)18-26-19-15/h3-5,10H,6-9H2,1-2H3/q+1. The van der Waals surface area contributed by atoms with Gasteiger partial charge in [0.25, 0.3) is 17.6 Å². The van der Waals surface area contributed by atoms with E-state index in [-0.39, 0.29) is 0 Å². The molecule has 0 bridgehead atoms. The monoisotopic (exact) mass is 396 g/mol. The third-order valence-corrected chi connectivity index (χ3v) is 4.23. The Bertz CT molecular complexity index is 826. The van der Waals surface area contributed by atoms with Gasteiger partial charge in [0.1, 0.15) is 20.3 Å². The van der Waals surface area contributed by atoms with Crippen LogP contribution in [0.15, 0.2) is 24.5 Å². The van der Waals surface area contributed by atoms with Gasteiger partial charge in [0.05, 0.1) is 49.3 Å². The topological polar surface area (TPSA) is 92.4 Å². The number of pyridine rings is 1. The Morgan fingerprint density at radius 2 is 1.62 bits per heavy atom. The fourth-order valence-electron chi connectivity index (χ4n) is 2.06. The third-order valence-electron chi connectivity index (χ3n) is 3.23. The summed E-state index contributed by atoms with van der Waals surface area (Å²) < 4.78 is 40.0. The average Bonchev–Trinajstić information content (AvgIpc) is 3.29. The Morgan fingerprint density at radius 1 is 0.923 bits per heavy atom. The molecule has 0 unspecified atom stereocenters. The molecular formula is C15H18N5O4S2+. The molecular weight excluding hydrogens is 378 g/mol. The molecule has 0 saturated carbocycles. The van der Waals surface area contributed by atoms with E-state index in [9.17, 15) is 0 Å². The molecule has 3 aromatic rings. The Morgan fingerprint density at radius 3 is 2.38 bits per heavy atom. The summed E-state index contributed by atoms with van der Waals surface area (Å²) in [7, 11) is 3.48.